The third-order valence-electron chi connectivity index (χ3n) is 4.84. The van der Waals surface area contributed by atoms with Gasteiger partial charge >= 0.3 is 5.97 Å². The molecule has 1 N–H and O–H groups in total. The Labute approximate surface area is 97.0 Å². The van der Waals surface area contributed by atoms with Gasteiger partial charge in [0.15, 0.2) is 0 Å². The van der Waals surface area contributed by atoms with E-state index in [2.05, 4.69) is 19.6 Å². The molecule has 3 saturated carbocycles. The van der Waals surface area contributed by atoms with Gasteiger partial charge < -0.3 is 5.11 Å². The molecule has 3 aliphatic rings. The minimum atomic E-state index is -0.582. The lowest BCUT2D eigenvalue weighted by Gasteiger charge is -2.52. The summed E-state index contributed by atoms with van der Waals surface area (Å²) in [5, 5.41) is 9.32. The minimum Gasteiger partial charge on any atom is -0.481 e. The standard InChI is InChI=1S/C14H20O2/c1-3-11(4-2)13-5-8-14(9-6-13,10-7-13)12(15)16/h3-4H,1,5-10H2,2H3,(H,15,16)/b11-4+. The van der Waals surface area contributed by atoms with E-state index in [4.69, 9.17) is 0 Å². The molecule has 3 fully saturated rings. The first-order chi connectivity index (χ1) is 7.58. The fourth-order valence-corrected chi connectivity index (χ4v) is 3.58. The molecule has 0 atom stereocenters. The van der Waals surface area contributed by atoms with Gasteiger partial charge in [-0.15, -0.1) is 0 Å². The summed E-state index contributed by atoms with van der Waals surface area (Å²) in [5.74, 6) is -0.582. The topological polar surface area (TPSA) is 37.3 Å². The van der Waals surface area contributed by atoms with Crippen LogP contribution in [-0.2, 0) is 4.79 Å². The van der Waals surface area contributed by atoms with Crippen LogP contribution in [0.3, 0.4) is 0 Å². The van der Waals surface area contributed by atoms with E-state index in [0.29, 0.717) is 0 Å². The van der Waals surface area contributed by atoms with Crippen molar-refractivity contribution in [1.82, 2.24) is 0 Å². The van der Waals surface area contributed by atoms with Crippen molar-refractivity contribution in [1.29, 1.82) is 0 Å². The Bertz CT molecular complexity index is 327. The molecule has 0 amide bonds. The second-order valence-corrected chi connectivity index (χ2v) is 5.31. The smallest absolute Gasteiger partial charge is 0.309 e. The Kier molecular flexibility index (Phi) is 2.69. The maximum absolute atomic E-state index is 11.3. The van der Waals surface area contributed by atoms with Gasteiger partial charge in [0.1, 0.15) is 0 Å². The normalized spacial score (nSPS) is 38.4. The summed E-state index contributed by atoms with van der Waals surface area (Å²) in [5.41, 5.74) is 1.17. The Morgan fingerprint density at radius 1 is 1.12 bits per heavy atom. The first kappa shape index (κ1) is 11.4. The zero-order chi connectivity index (χ0) is 11.8. The second kappa shape index (κ2) is 3.76. The zero-order valence-corrected chi connectivity index (χ0v) is 9.96. The Morgan fingerprint density at radius 2 is 1.56 bits per heavy atom. The number of aliphatic carboxylic acids is 1. The summed E-state index contributed by atoms with van der Waals surface area (Å²) in [4.78, 5) is 11.3. The van der Waals surface area contributed by atoms with Crippen LogP contribution in [-0.4, -0.2) is 11.1 Å². The van der Waals surface area contributed by atoms with Gasteiger partial charge in [-0.25, -0.2) is 0 Å². The molecule has 0 aromatic carbocycles. The summed E-state index contributed by atoms with van der Waals surface area (Å²) in [7, 11) is 0. The molecule has 0 unspecified atom stereocenters. The van der Waals surface area contributed by atoms with Crippen LogP contribution in [0.15, 0.2) is 24.3 Å². The summed E-state index contributed by atoms with van der Waals surface area (Å²) < 4.78 is 0. The van der Waals surface area contributed by atoms with Crippen LogP contribution in [0.5, 0.6) is 0 Å². The van der Waals surface area contributed by atoms with Gasteiger partial charge in [-0.1, -0.05) is 18.7 Å². The number of hydrogen-bond acceptors (Lipinski definition) is 1. The molecule has 0 saturated heterocycles. The first-order valence-electron chi connectivity index (χ1n) is 6.11. The van der Waals surface area contributed by atoms with Crippen molar-refractivity contribution < 1.29 is 9.90 Å². The van der Waals surface area contributed by atoms with E-state index in [1.165, 1.54) is 5.57 Å². The maximum atomic E-state index is 11.3. The highest BCUT2D eigenvalue weighted by molar-refractivity contribution is 5.75. The minimum absolute atomic E-state index is 0.244. The number of carboxylic acids is 1. The summed E-state index contributed by atoms with van der Waals surface area (Å²) in [6.07, 6.45) is 9.68. The quantitative estimate of drug-likeness (QED) is 0.738. The maximum Gasteiger partial charge on any atom is 0.309 e. The monoisotopic (exact) mass is 220 g/mol. The van der Waals surface area contributed by atoms with Crippen LogP contribution in [0.25, 0.3) is 0 Å². The van der Waals surface area contributed by atoms with E-state index in [1.807, 2.05) is 6.08 Å². The molecule has 0 aliphatic heterocycles. The lowest BCUT2D eigenvalue weighted by Crippen LogP contribution is -2.46. The lowest BCUT2D eigenvalue weighted by molar-refractivity contribution is -0.157. The van der Waals surface area contributed by atoms with Crippen molar-refractivity contribution in [3.63, 3.8) is 0 Å². The van der Waals surface area contributed by atoms with Crippen molar-refractivity contribution in [2.45, 2.75) is 45.4 Å². The van der Waals surface area contributed by atoms with E-state index in [-0.39, 0.29) is 5.41 Å². The number of allylic oxidation sites excluding steroid dienone is 3. The Hall–Kier alpha value is -1.05. The van der Waals surface area contributed by atoms with Gasteiger partial charge in [0.2, 0.25) is 0 Å². The van der Waals surface area contributed by atoms with Crippen LogP contribution in [0, 0.1) is 10.8 Å². The number of rotatable bonds is 3. The molecule has 2 heteroatoms. The largest absolute Gasteiger partial charge is 0.481 e. The molecule has 0 aromatic heterocycles. The number of hydrogen-bond donors (Lipinski definition) is 1. The molecule has 0 heterocycles. The Morgan fingerprint density at radius 3 is 1.88 bits per heavy atom. The second-order valence-electron chi connectivity index (χ2n) is 5.31. The van der Waals surface area contributed by atoms with Gasteiger partial charge in [-0.05, 0) is 56.4 Å². The fourth-order valence-electron chi connectivity index (χ4n) is 3.58. The van der Waals surface area contributed by atoms with Gasteiger partial charge in [-0.3, -0.25) is 4.79 Å². The highest BCUT2D eigenvalue weighted by Gasteiger charge is 2.53. The predicted molar refractivity (Wildman–Crippen MR) is 64.2 cm³/mol. The van der Waals surface area contributed by atoms with Crippen molar-refractivity contribution in [2.75, 3.05) is 0 Å². The molecule has 3 aliphatic carbocycles. The molecule has 3 rings (SSSR count). The summed E-state index contributed by atoms with van der Waals surface area (Å²) in [6.45, 7) is 5.94. The Balaban J connectivity index is 2.23. The molecular weight excluding hydrogens is 200 g/mol. The van der Waals surface area contributed by atoms with E-state index in [9.17, 15) is 9.90 Å². The SMILES string of the molecule is C=C/C(=C\C)C12CCC(C(=O)O)(CC1)CC2. The molecule has 2 bridgehead atoms. The average molecular weight is 220 g/mol. The molecule has 88 valence electrons. The van der Waals surface area contributed by atoms with E-state index >= 15 is 0 Å². The van der Waals surface area contributed by atoms with E-state index in [1.54, 1.807) is 0 Å². The van der Waals surface area contributed by atoms with Crippen LogP contribution < -0.4 is 0 Å². The van der Waals surface area contributed by atoms with Gasteiger partial charge in [-0.2, -0.15) is 0 Å². The summed E-state index contributed by atoms with van der Waals surface area (Å²) >= 11 is 0. The van der Waals surface area contributed by atoms with Gasteiger partial charge in [0.25, 0.3) is 0 Å². The number of carbonyl (C=O) groups is 1. The third-order valence-corrected chi connectivity index (χ3v) is 4.84. The molecule has 0 radical (unpaired) electrons. The van der Waals surface area contributed by atoms with Gasteiger partial charge in [0, 0.05) is 0 Å². The third kappa shape index (κ3) is 1.43. The van der Waals surface area contributed by atoms with Crippen LogP contribution in [0.4, 0.5) is 0 Å². The van der Waals surface area contributed by atoms with Crippen LogP contribution in [0.1, 0.15) is 45.4 Å². The fraction of sp³-hybridized carbons (Fsp3) is 0.643. The number of carboxylic acid groups (broad SMARTS) is 1. The molecule has 16 heavy (non-hydrogen) atoms. The highest BCUT2D eigenvalue weighted by atomic mass is 16.4. The van der Waals surface area contributed by atoms with Crippen molar-refractivity contribution >= 4 is 5.97 Å². The van der Waals surface area contributed by atoms with E-state index < -0.39 is 11.4 Å². The molecular formula is C14H20O2. The molecule has 2 nitrogen and oxygen atoms in total. The van der Waals surface area contributed by atoms with Crippen molar-refractivity contribution in [2.24, 2.45) is 10.8 Å². The lowest BCUT2D eigenvalue weighted by atomic mass is 9.51. The average Bonchev–Trinajstić information content (AvgIpc) is 2.32. The number of fused-ring (bicyclic) bond motifs is 3. The van der Waals surface area contributed by atoms with Crippen LogP contribution >= 0.6 is 0 Å². The highest BCUT2D eigenvalue weighted by Crippen LogP contribution is 2.59. The van der Waals surface area contributed by atoms with Crippen molar-refractivity contribution in [3.05, 3.63) is 24.3 Å². The summed E-state index contributed by atoms with van der Waals surface area (Å²) in [6, 6.07) is 0. The van der Waals surface area contributed by atoms with Gasteiger partial charge in [0.05, 0.1) is 5.41 Å². The van der Waals surface area contributed by atoms with Crippen LogP contribution in [0.2, 0.25) is 0 Å². The zero-order valence-electron chi connectivity index (χ0n) is 9.96. The van der Waals surface area contributed by atoms with Crippen molar-refractivity contribution in [3.8, 4) is 0 Å². The molecule has 0 aromatic rings. The first-order valence-corrected chi connectivity index (χ1v) is 6.11. The molecule has 0 spiro atoms. The van der Waals surface area contributed by atoms with E-state index in [0.717, 1.165) is 38.5 Å². The predicted octanol–water partition coefficient (Wildman–Crippen LogP) is 3.54.